The van der Waals surface area contributed by atoms with E-state index >= 15 is 0 Å². The molecule has 0 N–H and O–H groups in total. The molecular weight excluding hydrogens is 873 g/mol. The molecule has 4 heteroatoms. The Balaban J connectivity index is 1.36. The van der Waals surface area contributed by atoms with Gasteiger partial charge < -0.3 is 0 Å². The smallest absolute Gasteiger partial charge is 0.0979 e. The highest BCUT2D eigenvalue weighted by Crippen LogP contribution is 2.62. The molecule has 0 radical (unpaired) electrons. The molecule has 0 aliphatic heterocycles. The van der Waals surface area contributed by atoms with E-state index in [1.54, 1.807) is 0 Å². The molecule has 0 bridgehead atoms. The lowest BCUT2D eigenvalue weighted by Gasteiger charge is -2.33. The molecule has 336 valence electrons. The molecule has 0 saturated carbocycles. The van der Waals surface area contributed by atoms with Crippen LogP contribution in [0, 0.1) is 0 Å². The van der Waals surface area contributed by atoms with Crippen LogP contribution in [0.15, 0.2) is 267 Å². The summed E-state index contributed by atoms with van der Waals surface area (Å²) in [6.45, 7) is 0. The summed E-state index contributed by atoms with van der Waals surface area (Å²) in [5.41, 5.74) is 23.7. The van der Waals surface area contributed by atoms with Gasteiger partial charge in [0, 0.05) is 69.3 Å². The lowest BCUT2D eigenvalue weighted by atomic mass is 9.71. The van der Waals surface area contributed by atoms with E-state index in [1.165, 1.54) is 0 Å². The average Bonchev–Trinajstić information content (AvgIpc) is 3.47. The summed E-state index contributed by atoms with van der Waals surface area (Å²) in [6.07, 6.45) is 7.40. The quantitative estimate of drug-likeness (QED) is 0.152. The number of hydrogen-bond acceptors (Lipinski definition) is 4. The highest BCUT2D eigenvalue weighted by molar-refractivity contribution is 6.22. The van der Waals surface area contributed by atoms with E-state index in [1.807, 2.05) is 24.8 Å². The molecule has 12 aromatic rings. The Hall–Kier alpha value is -9.64. The topological polar surface area (TPSA) is 51.6 Å². The lowest BCUT2D eigenvalue weighted by molar-refractivity contribution is 1.18. The first-order valence-corrected chi connectivity index (χ1v) is 24.4. The maximum absolute atomic E-state index is 5.60. The minimum Gasteiger partial charge on any atom is -0.252 e. The van der Waals surface area contributed by atoms with Gasteiger partial charge in [-0.2, -0.15) is 0 Å². The minimum atomic E-state index is 0.751. The molecule has 1 aliphatic carbocycles. The molecule has 0 saturated heterocycles. The average molecular weight is 917 g/mol. The van der Waals surface area contributed by atoms with Gasteiger partial charge in [0.25, 0.3) is 0 Å². The summed E-state index contributed by atoms with van der Waals surface area (Å²) in [4.78, 5) is 22.4. The van der Waals surface area contributed by atoms with Crippen LogP contribution >= 0.6 is 0 Å². The van der Waals surface area contributed by atoms with E-state index in [0.29, 0.717) is 0 Å². The second-order valence-corrected chi connectivity index (χ2v) is 17.9. The molecule has 2 heterocycles. The monoisotopic (exact) mass is 916 g/mol. The van der Waals surface area contributed by atoms with Crippen LogP contribution < -0.4 is 0 Å². The molecule has 0 unspecified atom stereocenters. The van der Waals surface area contributed by atoms with E-state index < -0.39 is 0 Å². The van der Waals surface area contributed by atoms with Gasteiger partial charge in [-0.05, 0) is 66.8 Å². The number of nitrogens with zero attached hydrogens (tertiary/aromatic N) is 4. The van der Waals surface area contributed by atoms with Crippen molar-refractivity contribution in [3.8, 4) is 134 Å². The SMILES string of the molecule is c1ccc(-c2c(-c3ccccc3)c(-c3ccccc3)c3c(c2-c2ccccc2)-c2nccnc2-c2c(-c4ccccc4)c(-c4ccccc4)c(-c4ccccc4)c(-c4ccccc4)c2-c2nccnc2-3)cc1. The first-order valence-electron chi connectivity index (χ1n) is 24.4. The van der Waals surface area contributed by atoms with Crippen LogP contribution in [0.1, 0.15) is 0 Å². The summed E-state index contributed by atoms with van der Waals surface area (Å²) < 4.78 is 0. The zero-order valence-corrected chi connectivity index (χ0v) is 39.2. The number of hydrogen-bond donors (Lipinski definition) is 0. The Labute approximate surface area is 419 Å². The Bertz CT molecular complexity index is 3390. The number of aromatic nitrogens is 4. The Morgan fingerprint density at radius 2 is 0.264 bits per heavy atom. The van der Waals surface area contributed by atoms with Crippen LogP contribution in [0.4, 0.5) is 0 Å². The van der Waals surface area contributed by atoms with Crippen LogP contribution in [0.25, 0.3) is 134 Å². The van der Waals surface area contributed by atoms with Gasteiger partial charge in [0.05, 0.1) is 22.8 Å². The molecule has 10 aromatic carbocycles. The van der Waals surface area contributed by atoms with Gasteiger partial charge in [0.2, 0.25) is 0 Å². The highest BCUT2D eigenvalue weighted by Gasteiger charge is 2.39. The maximum Gasteiger partial charge on any atom is 0.0979 e. The summed E-state index contributed by atoms with van der Waals surface area (Å²) in [6, 6.07) is 86.5. The molecule has 4 nitrogen and oxygen atoms in total. The van der Waals surface area contributed by atoms with Gasteiger partial charge in [-0.1, -0.05) is 243 Å². The summed E-state index contributed by atoms with van der Waals surface area (Å²) in [5.74, 6) is 0. The molecule has 72 heavy (non-hydrogen) atoms. The van der Waals surface area contributed by atoms with E-state index in [2.05, 4.69) is 243 Å². The van der Waals surface area contributed by atoms with Crippen molar-refractivity contribution in [1.82, 2.24) is 19.9 Å². The van der Waals surface area contributed by atoms with Crippen molar-refractivity contribution in [3.05, 3.63) is 267 Å². The summed E-state index contributed by atoms with van der Waals surface area (Å²) in [5, 5.41) is 0. The van der Waals surface area contributed by atoms with Crippen LogP contribution in [-0.4, -0.2) is 19.9 Å². The standard InChI is InChI=1S/C68H44N4/c1-9-25-45(26-10-1)53-54(46-27-11-2-12-28-46)58(50-35-19-6-20-36-50)62-61(57(53)49-33-17-5-18-34-49)65-67(71-42-41-69-65)63-59(51-37-21-7-22-38-51)55(47-29-13-3-14-30-47)56(48-31-15-4-16-32-48)60(52-39-23-8-24-40-52)64(63)68-66(62)70-43-44-72-68/h1-44H. The predicted octanol–water partition coefficient (Wildman–Crippen LogP) is 17.6. The molecule has 0 spiro atoms. The van der Waals surface area contributed by atoms with Crippen LogP contribution in [0.3, 0.4) is 0 Å². The number of fused-ring (bicyclic) bond motifs is 8. The van der Waals surface area contributed by atoms with Crippen LogP contribution in [0.2, 0.25) is 0 Å². The molecule has 0 amide bonds. The zero-order valence-electron chi connectivity index (χ0n) is 39.2. The fourth-order valence-corrected chi connectivity index (χ4v) is 11.0. The second kappa shape index (κ2) is 18.4. The third-order valence-electron chi connectivity index (χ3n) is 13.8. The summed E-state index contributed by atoms with van der Waals surface area (Å²) >= 11 is 0. The fourth-order valence-electron chi connectivity index (χ4n) is 11.0. The first kappa shape index (κ1) is 42.5. The van der Waals surface area contributed by atoms with E-state index in [-0.39, 0.29) is 0 Å². The van der Waals surface area contributed by atoms with Crippen molar-refractivity contribution in [2.24, 2.45) is 0 Å². The van der Waals surface area contributed by atoms with Gasteiger partial charge in [0.1, 0.15) is 0 Å². The van der Waals surface area contributed by atoms with Gasteiger partial charge in [-0.15, -0.1) is 0 Å². The van der Waals surface area contributed by atoms with Crippen molar-refractivity contribution in [3.63, 3.8) is 0 Å². The summed E-state index contributed by atoms with van der Waals surface area (Å²) in [7, 11) is 0. The van der Waals surface area contributed by atoms with E-state index in [0.717, 1.165) is 134 Å². The van der Waals surface area contributed by atoms with Crippen molar-refractivity contribution >= 4 is 0 Å². The van der Waals surface area contributed by atoms with Gasteiger partial charge in [-0.25, -0.2) is 0 Å². The molecule has 1 aliphatic rings. The molecular formula is C68H44N4. The Morgan fingerprint density at radius 3 is 0.403 bits per heavy atom. The molecule has 0 fully saturated rings. The van der Waals surface area contributed by atoms with Crippen molar-refractivity contribution in [2.75, 3.05) is 0 Å². The maximum atomic E-state index is 5.60. The molecule has 0 atom stereocenters. The first-order chi connectivity index (χ1) is 35.8. The zero-order chi connectivity index (χ0) is 47.8. The van der Waals surface area contributed by atoms with Crippen molar-refractivity contribution < 1.29 is 0 Å². The number of benzene rings is 10. The van der Waals surface area contributed by atoms with Crippen molar-refractivity contribution in [1.29, 1.82) is 0 Å². The minimum absolute atomic E-state index is 0.751. The molecule has 2 aromatic heterocycles. The third-order valence-corrected chi connectivity index (χ3v) is 13.8. The number of rotatable bonds is 8. The van der Waals surface area contributed by atoms with Crippen molar-refractivity contribution in [2.45, 2.75) is 0 Å². The Morgan fingerprint density at radius 1 is 0.139 bits per heavy atom. The van der Waals surface area contributed by atoms with Crippen LogP contribution in [0.5, 0.6) is 0 Å². The highest BCUT2D eigenvalue weighted by atomic mass is 14.8. The predicted molar refractivity (Wildman–Crippen MR) is 296 cm³/mol. The Kier molecular flexibility index (Phi) is 10.8. The molecule has 13 rings (SSSR count). The van der Waals surface area contributed by atoms with E-state index in [9.17, 15) is 0 Å². The lowest BCUT2D eigenvalue weighted by Crippen LogP contribution is -2.10. The fraction of sp³-hybridized carbons (Fsp3) is 0. The van der Waals surface area contributed by atoms with Gasteiger partial charge in [-0.3, -0.25) is 19.9 Å². The normalized spacial score (nSPS) is 11.3. The van der Waals surface area contributed by atoms with Gasteiger partial charge >= 0.3 is 0 Å². The second-order valence-electron chi connectivity index (χ2n) is 17.9. The van der Waals surface area contributed by atoms with Crippen LogP contribution in [-0.2, 0) is 0 Å². The van der Waals surface area contributed by atoms with Gasteiger partial charge in [0.15, 0.2) is 0 Å². The largest absolute Gasteiger partial charge is 0.252 e. The third kappa shape index (κ3) is 7.16. The van der Waals surface area contributed by atoms with E-state index in [4.69, 9.17) is 19.9 Å².